The molecule has 0 unspecified atom stereocenters. The molecule has 0 aliphatic rings. The number of carbonyl (C=O) groups excluding carboxylic acids is 1. The van der Waals surface area contributed by atoms with Crippen molar-refractivity contribution in [3.63, 3.8) is 0 Å². The highest BCUT2D eigenvalue weighted by Gasteiger charge is 2.09. The smallest absolute Gasteiger partial charge is 0.251 e. The van der Waals surface area contributed by atoms with Gasteiger partial charge < -0.3 is 11.1 Å². The van der Waals surface area contributed by atoms with Crippen molar-refractivity contribution in [2.24, 2.45) is 5.73 Å². The van der Waals surface area contributed by atoms with Gasteiger partial charge in [0.2, 0.25) is 0 Å². The molecule has 3 N–H and O–H groups in total. The summed E-state index contributed by atoms with van der Waals surface area (Å²) in [5.41, 5.74) is 9.41. The maximum absolute atomic E-state index is 12.0. The van der Waals surface area contributed by atoms with Crippen molar-refractivity contribution < 1.29 is 4.79 Å². The second-order valence-corrected chi connectivity index (χ2v) is 5.39. The van der Waals surface area contributed by atoms with Gasteiger partial charge >= 0.3 is 0 Å². The number of aryl methyl sites for hydroxylation is 2. The summed E-state index contributed by atoms with van der Waals surface area (Å²) in [4.78, 5) is 12.0. The summed E-state index contributed by atoms with van der Waals surface area (Å²) < 4.78 is 1.96. The summed E-state index contributed by atoms with van der Waals surface area (Å²) in [7, 11) is 0. The van der Waals surface area contributed by atoms with Crippen molar-refractivity contribution in [1.82, 2.24) is 15.1 Å². The summed E-state index contributed by atoms with van der Waals surface area (Å²) in [6.45, 7) is 7.04. The minimum absolute atomic E-state index is 0.0214. The summed E-state index contributed by atoms with van der Waals surface area (Å²) in [6, 6.07) is 9.61. The molecule has 1 aromatic heterocycles. The topological polar surface area (TPSA) is 72.9 Å². The molecule has 0 saturated heterocycles. The quantitative estimate of drug-likeness (QED) is 0.877. The average molecular weight is 286 g/mol. The molecule has 5 nitrogen and oxygen atoms in total. The van der Waals surface area contributed by atoms with Gasteiger partial charge in [0.25, 0.3) is 5.91 Å². The summed E-state index contributed by atoms with van der Waals surface area (Å²) in [5, 5.41) is 7.28. The van der Waals surface area contributed by atoms with Crippen LogP contribution in [-0.2, 0) is 6.54 Å². The van der Waals surface area contributed by atoms with Gasteiger partial charge in [-0.15, -0.1) is 0 Å². The molecule has 2 aromatic rings. The van der Waals surface area contributed by atoms with E-state index in [1.807, 2.05) is 49.7 Å². The average Bonchev–Trinajstić information content (AvgIpc) is 2.77. The fourth-order valence-corrected chi connectivity index (χ4v) is 2.14. The van der Waals surface area contributed by atoms with Crippen LogP contribution in [0.2, 0.25) is 0 Å². The molecule has 1 heterocycles. The highest BCUT2D eigenvalue weighted by molar-refractivity contribution is 5.94. The lowest BCUT2D eigenvalue weighted by Gasteiger charge is -2.11. The minimum Gasteiger partial charge on any atom is -0.348 e. The number of benzene rings is 1. The number of hydrogen-bond donors (Lipinski definition) is 2. The lowest BCUT2D eigenvalue weighted by atomic mass is 10.1. The second kappa shape index (κ2) is 6.54. The highest BCUT2D eigenvalue weighted by Crippen LogP contribution is 2.09. The van der Waals surface area contributed by atoms with E-state index in [1.54, 1.807) is 0 Å². The number of nitrogens with zero attached hydrogens (tertiary/aromatic N) is 2. The Morgan fingerprint density at radius 2 is 2.00 bits per heavy atom. The predicted molar refractivity (Wildman–Crippen MR) is 83.2 cm³/mol. The molecule has 0 bridgehead atoms. The monoisotopic (exact) mass is 286 g/mol. The van der Waals surface area contributed by atoms with Gasteiger partial charge in [-0.05, 0) is 44.5 Å². The second-order valence-electron chi connectivity index (χ2n) is 5.39. The zero-order chi connectivity index (χ0) is 15.4. The maximum Gasteiger partial charge on any atom is 0.251 e. The van der Waals surface area contributed by atoms with Gasteiger partial charge in [-0.2, -0.15) is 5.10 Å². The minimum atomic E-state index is -0.0920. The first-order valence-corrected chi connectivity index (χ1v) is 7.10. The molecule has 1 amide bonds. The van der Waals surface area contributed by atoms with E-state index in [0.717, 1.165) is 17.0 Å². The van der Waals surface area contributed by atoms with Crippen molar-refractivity contribution >= 4 is 5.91 Å². The zero-order valence-electron chi connectivity index (χ0n) is 12.8. The Morgan fingerprint density at radius 3 is 2.52 bits per heavy atom. The number of hydrogen-bond acceptors (Lipinski definition) is 3. The van der Waals surface area contributed by atoms with Crippen LogP contribution in [0.25, 0.3) is 0 Å². The van der Waals surface area contributed by atoms with E-state index in [2.05, 4.69) is 16.5 Å². The van der Waals surface area contributed by atoms with E-state index in [0.29, 0.717) is 18.7 Å². The Hall–Kier alpha value is -2.14. The van der Waals surface area contributed by atoms with E-state index in [-0.39, 0.29) is 11.9 Å². The number of amides is 1. The van der Waals surface area contributed by atoms with Crippen LogP contribution in [0.5, 0.6) is 0 Å². The third kappa shape index (κ3) is 3.92. The molecule has 21 heavy (non-hydrogen) atoms. The molecule has 5 heteroatoms. The Labute approximate surface area is 125 Å². The van der Waals surface area contributed by atoms with E-state index in [1.165, 1.54) is 0 Å². The van der Waals surface area contributed by atoms with Crippen LogP contribution in [0.4, 0.5) is 0 Å². The summed E-state index contributed by atoms with van der Waals surface area (Å²) in [6.07, 6.45) is 0. The van der Waals surface area contributed by atoms with Crippen molar-refractivity contribution in [2.45, 2.75) is 33.4 Å². The van der Waals surface area contributed by atoms with Crippen LogP contribution in [0.15, 0.2) is 30.3 Å². The van der Waals surface area contributed by atoms with Gasteiger partial charge in [0.15, 0.2) is 0 Å². The molecular weight excluding hydrogens is 264 g/mol. The molecular formula is C16H22N4O. The van der Waals surface area contributed by atoms with Gasteiger partial charge in [-0.25, -0.2) is 0 Å². The third-order valence-electron chi connectivity index (χ3n) is 3.38. The van der Waals surface area contributed by atoms with E-state index in [4.69, 9.17) is 5.73 Å². The van der Waals surface area contributed by atoms with Crippen molar-refractivity contribution in [1.29, 1.82) is 0 Å². The third-order valence-corrected chi connectivity index (χ3v) is 3.38. The van der Waals surface area contributed by atoms with Crippen molar-refractivity contribution in [3.8, 4) is 0 Å². The van der Waals surface area contributed by atoms with Crippen LogP contribution in [0.1, 0.15) is 34.2 Å². The molecule has 0 saturated carbocycles. The van der Waals surface area contributed by atoms with Gasteiger partial charge in [-0.3, -0.25) is 9.48 Å². The molecule has 1 aromatic carbocycles. The maximum atomic E-state index is 12.0. The van der Waals surface area contributed by atoms with Gasteiger partial charge in [-0.1, -0.05) is 12.1 Å². The van der Waals surface area contributed by atoms with E-state index >= 15 is 0 Å². The largest absolute Gasteiger partial charge is 0.348 e. The molecule has 112 valence electrons. The van der Waals surface area contributed by atoms with Crippen LogP contribution in [0.3, 0.4) is 0 Å². The molecule has 1 atom stereocenters. The number of aromatic nitrogens is 2. The van der Waals surface area contributed by atoms with Crippen LogP contribution in [-0.4, -0.2) is 28.3 Å². The first-order chi connectivity index (χ1) is 9.99. The zero-order valence-corrected chi connectivity index (χ0v) is 12.8. The lowest BCUT2D eigenvalue weighted by Crippen LogP contribution is -2.37. The fraction of sp³-hybridized carbons (Fsp3) is 0.375. The number of nitrogens with one attached hydrogen (secondary N) is 1. The van der Waals surface area contributed by atoms with Crippen molar-refractivity contribution in [2.75, 3.05) is 6.54 Å². The molecule has 0 radical (unpaired) electrons. The summed E-state index contributed by atoms with van der Waals surface area (Å²) in [5.74, 6) is -0.0920. The lowest BCUT2D eigenvalue weighted by molar-refractivity contribution is 0.0941. The SMILES string of the molecule is Cc1cc(C)n(Cc2ccc(C(=O)N[C@@H](C)CN)cc2)n1. The number of carbonyl (C=O) groups is 1. The Balaban J connectivity index is 2.05. The first kappa shape index (κ1) is 15.3. The van der Waals surface area contributed by atoms with E-state index < -0.39 is 0 Å². The van der Waals surface area contributed by atoms with Crippen LogP contribution < -0.4 is 11.1 Å². The fourth-order valence-electron chi connectivity index (χ4n) is 2.14. The van der Waals surface area contributed by atoms with Crippen LogP contribution in [0, 0.1) is 13.8 Å². The Morgan fingerprint density at radius 1 is 1.33 bits per heavy atom. The first-order valence-electron chi connectivity index (χ1n) is 7.10. The van der Waals surface area contributed by atoms with E-state index in [9.17, 15) is 4.79 Å². The Kier molecular flexibility index (Phi) is 4.75. The van der Waals surface area contributed by atoms with Crippen molar-refractivity contribution in [3.05, 3.63) is 52.8 Å². The van der Waals surface area contributed by atoms with Gasteiger partial charge in [0.1, 0.15) is 0 Å². The van der Waals surface area contributed by atoms with Gasteiger partial charge in [0, 0.05) is 23.8 Å². The molecule has 2 rings (SSSR count). The normalized spacial score (nSPS) is 12.2. The van der Waals surface area contributed by atoms with Crippen LogP contribution >= 0.6 is 0 Å². The molecule has 0 spiro atoms. The molecule has 0 aliphatic carbocycles. The molecule has 0 aliphatic heterocycles. The Bertz CT molecular complexity index is 616. The van der Waals surface area contributed by atoms with Gasteiger partial charge in [0.05, 0.1) is 12.2 Å². The summed E-state index contributed by atoms with van der Waals surface area (Å²) >= 11 is 0. The number of rotatable bonds is 5. The predicted octanol–water partition coefficient (Wildman–Crippen LogP) is 1.63. The standard InChI is InChI=1S/C16H22N4O/c1-11-8-13(3)20(19-11)10-14-4-6-15(7-5-14)16(21)18-12(2)9-17/h4-8,12H,9-10,17H2,1-3H3,(H,18,21)/t12-/m0/s1. The molecule has 0 fully saturated rings. The number of nitrogens with two attached hydrogens (primary N) is 1. The highest BCUT2D eigenvalue weighted by atomic mass is 16.1.